The standard InChI is InChI=1S/C19H15NO4/c20-12-15-2-1-3-16(10-15)13-24-19(21)7-5-14-4-6-17-18(11-14)23-9-8-22-17/h1-7,10-11H,8-9,13H2/b7-5+. The van der Waals surface area contributed by atoms with E-state index in [4.69, 9.17) is 19.5 Å². The van der Waals surface area contributed by atoms with E-state index in [2.05, 4.69) is 0 Å². The average Bonchev–Trinajstić information content (AvgIpc) is 2.64. The van der Waals surface area contributed by atoms with Crippen molar-refractivity contribution in [2.24, 2.45) is 0 Å². The van der Waals surface area contributed by atoms with E-state index in [1.165, 1.54) is 6.08 Å². The van der Waals surface area contributed by atoms with Crippen molar-refractivity contribution in [3.05, 3.63) is 65.2 Å². The number of esters is 1. The molecule has 2 aromatic rings. The zero-order valence-electron chi connectivity index (χ0n) is 12.9. The largest absolute Gasteiger partial charge is 0.486 e. The molecule has 0 fully saturated rings. The molecule has 0 saturated carbocycles. The quantitative estimate of drug-likeness (QED) is 0.639. The SMILES string of the molecule is N#Cc1cccc(COC(=O)/C=C/c2ccc3c(c2)OCCO3)c1. The molecule has 1 heterocycles. The van der Waals surface area contributed by atoms with E-state index in [-0.39, 0.29) is 6.61 Å². The molecule has 0 saturated heterocycles. The van der Waals surface area contributed by atoms with Gasteiger partial charge in [-0.2, -0.15) is 5.26 Å². The molecule has 5 heteroatoms. The maximum absolute atomic E-state index is 11.8. The van der Waals surface area contributed by atoms with Crippen molar-refractivity contribution in [1.29, 1.82) is 5.26 Å². The van der Waals surface area contributed by atoms with Crippen molar-refractivity contribution < 1.29 is 19.0 Å². The first-order valence-corrected chi connectivity index (χ1v) is 7.48. The topological polar surface area (TPSA) is 68.5 Å². The number of nitriles is 1. The molecule has 0 bridgehead atoms. The molecule has 3 rings (SSSR count). The predicted octanol–water partition coefficient (Wildman–Crippen LogP) is 3.09. The highest BCUT2D eigenvalue weighted by Crippen LogP contribution is 2.31. The van der Waals surface area contributed by atoms with Gasteiger partial charge in [0.15, 0.2) is 11.5 Å². The fourth-order valence-electron chi connectivity index (χ4n) is 2.26. The first kappa shape index (κ1) is 15.6. The highest BCUT2D eigenvalue weighted by Gasteiger charge is 2.10. The average molecular weight is 321 g/mol. The summed E-state index contributed by atoms with van der Waals surface area (Å²) in [7, 11) is 0. The fraction of sp³-hybridized carbons (Fsp3) is 0.158. The zero-order valence-corrected chi connectivity index (χ0v) is 12.9. The minimum atomic E-state index is -0.452. The lowest BCUT2D eigenvalue weighted by molar-refractivity contribution is -0.138. The van der Waals surface area contributed by atoms with Crippen LogP contribution in [0, 0.1) is 11.3 Å². The van der Waals surface area contributed by atoms with Gasteiger partial charge < -0.3 is 14.2 Å². The first-order chi connectivity index (χ1) is 11.7. The number of nitrogens with zero attached hydrogens (tertiary/aromatic N) is 1. The summed E-state index contributed by atoms with van der Waals surface area (Å²) in [6, 6.07) is 14.5. The van der Waals surface area contributed by atoms with E-state index in [0.29, 0.717) is 30.3 Å². The van der Waals surface area contributed by atoms with Crippen LogP contribution in [0.5, 0.6) is 11.5 Å². The van der Waals surface area contributed by atoms with Gasteiger partial charge in [-0.05, 0) is 41.5 Å². The van der Waals surface area contributed by atoms with E-state index < -0.39 is 5.97 Å². The summed E-state index contributed by atoms with van der Waals surface area (Å²) in [4.78, 5) is 11.8. The molecule has 24 heavy (non-hydrogen) atoms. The van der Waals surface area contributed by atoms with Gasteiger partial charge in [0.1, 0.15) is 19.8 Å². The predicted molar refractivity (Wildman–Crippen MR) is 87.4 cm³/mol. The van der Waals surface area contributed by atoms with Crippen LogP contribution in [0.1, 0.15) is 16.7 Å². The van der Waals surface area contributed by atoms with Crippen molar-refractivity contribution in [2.75, 3.05) is 13.2 Å². The maximum Gasteiger partial charge on any atom is 0.331 e. The number of carbonyl (C=O) groups is 1. The van der Waals surface area contributed by atoms with Gasteiger partial charge in [0.2, 0.25) is 0 Å². The first-order valence-electron chi connectivity index (χ1n) is 7.48. The molecule has 0 spiro atoms. The van der Waals surface area contributed by atoms with Gasteiger partial charge in [0, 0.05) is 6.08 Å². The number of fused-ring (bicyclic) bond motifs is 1. The van der Waals surface area contributed by atoms with Gasteiger partial charge >= 0.3 is 5.97 Å². The van der Waals surface area contributed by atoms with E-state index in [9.17, 15) is 4.79 Å². The van der Waals surface area contributed by atoms with E-state index in [0.717, 1.165) is 11.1 Å². The summed E-state index contributed by atoms with van der Waals surface area (Å²) in [6.07, 6.45) is 3.02. The van der Waals surface area contributed by atoms with Crippen molar-refractivity contribution in [3.63, 3.8) is 0 Å². The lowest BCUT2D eigenvalue weighted by Crippen LogP contribution is -2.15. The van der Waals surface area contributed by atoms with Crippen LogP contribution < -0.4 is 9.47 Å². The summed E-state index contributed by atoms with van der Waals surface area (Å²) in [6.45, 7) is 1.19. The van der Waals surface area contributed by atoms with Gasteiger partial charge in [-0.15, -0.1) is 0 Å². The molecule has 0 atom stereocenters. The van der Waals surface area contributed by atoms with Gasteiger partial charge in [-0.25, -0.2) is 4.79 Å². The fourth-order valence-corrected chi connectivity index (χ4v) is 2.26. The second kappa shape index (κ2) is 7.34. The Labute approximate surface area is 139 Å². The molecule has 0 aliphatic carbocycles. The number of benzene rings is 2. The van der Waals surface area contributed by atoms with Crippen LogP contribution >= 0.6 is 0 Å². The van der Waals surface area contributed by atoms with Gasteiger partial charge in [0.05, 0.1) is 11.6 Å². The van der Waals surface area contributed by atoms with Crippen LogP contribution in [-0.4, -0.2) is 19.2 Å². The summed E-state index contributed by atoms with van der Waals surface area (Å²) >= 11 is 0. The highest BCUT2D eigenvalue weighted by molar-refractivity contribution is 5.87. The lowest BCUT2D eigenvalue weighted by atomic mass is 10.1. The number of hydrogen-bond donors (Lipinski definition) is 0. The molecule has 1 aliphatic heterocycles. The van der Waals surface area contributed by atoms with Crippen molar-refractivity contribution >= 4 is 12.0 Å². The second-order valence-corrected chi connectivity index (χ2v) is 5.16. The Morgan fingerprint density at radius 1 is 1.17 bits per heavy atom. The second-order valence-electron chi connectivity index (χ2n) is 5.16. The van der Waals surface area contributed by atoms with Crippen LogP contribution in [0.2, 0.25) is 0 Å². The van der Waals surface area contributed by atoms with Gasteiger partial charge in [0.25, 0.3) is 0 Å². The monoisotopic (exact) mass is 321 g/mol. The molecule has 0 unspecified atom stereocenters. The molecule has 0 amide bonds. The van der Waals surface area contributed by atoms with Crippen molar-refractivity contribution in [2.45, 2.75) is 6.61 Å². The molecule has 2 aromatic carbocycles. The Morgan fingerprint density at radius 2 is 2.00 bits per heavy atom. The molecule has 1 aliphatic rings. The summed E-state index contributed by atoms with van der Waals surface area (Å²) in [5.74, 6) is 0.927. The molecule has 0 radical (unpaired) electrons. The van der Waals surface area contributed by atoms with Crippen LogP contribution in [0.25, 0.3) is 6.08 Å². The molecule has 0 N–H and O–H groups in total. The molecular formula is C19H15NO4. The van der Waals surface area contributed by atoms with E-state index in [1.54, 1.807) is 30.3 Å². The summed E-state index contributed by atoms with van der Waals surface area (Å²) < 4.78 is 16.1. The minimum absolute atomic E-state index is 0.125. The highest BCUT2D eigenvalue weighted by atomic mass is 16.6. The number of rotatable bonds is 4. The smallest absolute Gasteiger partial charge is 0.331 e. The van der Waals surface area contributed by atoms with E-state index >= 15 is 0 Å². The Bertz CT molecular complexity index is 820. The minimum Gasteiger partial charge on any atom is -0.486 e. The Balaban J connectivity index is 1.58. The Morgan fingerprint density at radius 3 is 2.83 bits per heavy atom. The third kappa shape index (κ3) is 3.93. The molecule has 0 aromatic heterocycles. The van der Waals surface area contributed by atoms with Gasteiger partial charge in [-0.1, -0.05) is 18.2 Å². The van der Waals surface area contributed by atoms with Crippen LogP contribution in [-0.2, 0) is 16.1 Å². The van der Waals surface area contributed by atoms with Crippen molar-refractivity contribution in [3.8, 4) is 17.6 Å². The number of hydrogen-bond acceptors (Lipinski definition) is 5. The number of carbonyl (C=O) groups excluding carboxylic acids is 1. The third-order valence-electron chi connectivity index (χ3n) is 3.42. The lowest BCUT2D eigenvalue weighted by Gasteiger charge is -2.18. The van der Waals surface area contributed by atoms with Crippen LogP contribution in [0.4, 0.5) is 0 Å². The molecule has 120 valence electrons. The van der Waals surface area contributed by atoms with E-state index in [1.807, 2.05) is 24.3 Å². The maximum atomic E-state index is 11.8. The molecule has 5 nitrogen and oxygen atoms in total. The Kier molecular flexibility index (Phi) is 4.78. The summed E-state index contributed by atoms with van der Waals surface area (Å²) in [5.41, 5.74) is 2.13. The Hall–Kier alpha value is -3.26. The zero-order chi connectivity index (χ0) is 16.8. The van der Waals surface area contributed by atoms with Crippen molar-refractivity contribution in [1.82, 2.24) is 0 Å². The van der Waals surface area contributed by atoms with Gasteiger partial charge in [-0.3, -0.25) is 0 Å². The van der Waals surface area contributed by atoms with Crippen LogP contribution in [0.15, 0.2) is 48.5 Å². The molecular weight excluding hydrogens is 306 g/mol. The number of ether oxygens (including phenoxy) is 3. The summed E-state index contributed by atoms with van der Waals surface area (Å²) in [5, 5.41) is 8.85. The third-order valence-corrected chi connectivity index (χ3v) is 3.42. The van der Waals surface area contributed by atoms with Crippen LogP contribution in [0.3, 0.4) is 0 Å². The normalized spacial score (nSPS) is 12.6.